The van der Waals surface area contributed by atoms with Crippen molar-refractivity contribution in [2.24, 2.45) is 11.5 Å². The number of rotatable bonds is 5. The van der Waals surface area contributed by atoms with Crippen LogP contribution in [0.1, 0.15) is 0 Å². The third-order valence-electron chi connectivity index (χ3n) is 0.915. The van der Waals surface area contributed by atoms with Gasteiger partial charge in [-0.25, -0.2) is 0 Å². The van der Waals surface area contributed by atoms with Crippen LogP contribution in [-0.4, -0.2) is 48.7 Å². The second-order valence-corrected chi connectivity index (χ2v) is 5.01. The minimum Gasteiger partial charge on any atom is -0.387 e. The van der Waals surface area contributed by atoms with Gasteiger partial charge in [-0.3, -0.25) is 0 Å². The number of hydrogen-bond acceptors (Lipinski definition) is 6. The van der Waals surface area contributed by atoms with Gasteiger partial charge in [0.05, 0.1) is 9.66 Å². The van der Waals surface area contributed by atoms with Gasteiger partial charge in [0.25, 0.3) is 0 Å². The van der Waals surface area contributed by atoms with E-state index in [4.69, 9.17) is 37.4 Å². The molecule has 6 N–H and O–H groups in total. The van der Waals surface area contributed by atoms with Gasteiger partial charge in [0, 0.05) is 13.1 Å². The van der Waals surface area contributed by atoms with E-state index in [9.17, 15) is 0 Å². The third kappa shape index (κ3) is 5.34. The Balaban J connectivity index is 3.82. The second-order valence-electron chi connectivity index (χ2n) is 2.26. The summed E-state index contributed by atoms with van der Waals surface area (Å²) >= 11 is 0. The molecule has 0 saturated heterocycles. The minimum absolute atomic E-state index is 0.134. The molecule has 0 rings (SSSR count). The molecular formula is C4H10B2N2O2S2. The molecule has 0 aromatic heterocycles. The van der Waals surface area contributed by atoms with Crippen molar-refractivity contribution in [3.8, 4) is 0 Å². The van der Waals surface area contributed by atoms with E-state index in [1.54, 1.807) is 0 Å². The van der Waals surface area contributed by atoms with Crippen molar-refractivity contribution in [3.63, 3.8) is 0 Å². The highest BCUT2D eigenvalue weighted by Gasteiger charge is 2.25. The van der Waals surface area contributed by atoms with Crippen molar-refractivity contribution in [1.82, 2.24) is 0 Å². The maximum absolute atomic E-state index is 9.17. The molecule has 4 nitrogen and oxygen atoms in total. The zero-order valence-corrected chi connectivity index (χ0v) is 8.07. The molecule has 0 spiro atoms. The highest BCUT2D eigenvalue weighted by atomic mass is 33.1. The number of hydrogen-bond donors (Lipinski definition) is 4. The Kier molecular flexibility index (Phi) is 5.05. The van der Waals surface area contributed by atoms with Crippen molar-refractivity contribution >= 4 is 37.3 Å². The van der Waals surface area contributed by atoms with E-state index >= 15 is 0 Å². The summed E-state index contributed by atoms with van der Waals surface area (Å²) in [5.74, 6) is 0. The lowest BCUT2D eigenvalue weighted by Crippen LogP contribution is -2.37. The molecule has 0 saturated carbocycles. The lowest BCUT2D eigenvalue weighted by atomic mass is 10.00. The first-order chi connectivity index (χ1) is 5.33. The molecule has 0 bridgehead atoms. The summed E-state index contributed by atoms with van der Waals surface area (Å²) in [5.41, 5.74) is 10.2. The van der Waals surface area contributed by atoms with Crippen LogP contribution in [-0.2, 0) is 0 Å². The Morgan fingerprint density at radius 2 is 1.25 bits per heavy atom. The zero-order valence-electron chi connectivity index (χ0n) is 6.43. The Morgan fingerprint density at radius 3 is 1.42 bits per heavy atom. The van der Waals surface area contributed by atoms with Crippen molar-refractivity contribution in [2.75, 3.05) is 13.1 Å². The molecule has 2 atom stereocenters. The Morgan fingerprint density at radius 1 is 1.00 bits per heavy atom. The molecule has 0 amide bonds. The van der Waals surface area contributed by atoms with Gasteiger partial charge in [0.1, 0.15) is 15.7 Å². The fourth-order valence-corrected chi connectivity index (χ4v) is 1.91. The van der Waals surface area contributed by atoms with Gasteiger partial charge in [-0.15, -0.1) is 0 Å². The fraction of sp³-hybridized carbons (Fsp3) is 1.00. The maximum Gasteiger partial charge on any atom is 0.131 e. The average Bonchev–Trinajstić information content (AvgIpc) is 2.02. The first kappa shape index (κ1) is 12.7. The number of aliphatic hydroxyl groups is 2. The summed E-state index contributed by atoms with van der Waals surface area (Å²) in [4.78, 5) is -3.18. The standard InChI is InChI=1S/C4H10B2N2O2S2/c5-3(9,1-7)11-12-4(6,10)2-8/h9-10H,1-2,7-8H2. The van der Waals surface area contributed by atoms with Crippen LogP contribution in [0.15, 0.2) is 0 Å². The topological polar surface area (TPSA) is 92.5 Å². The summed E-state index contributed by atoms with van der Waals surface area (Å²) in [7, 11) is 12.0. The molecule has 0 aliphatic rings. The van der Waals surface area contributed by atoms with Crippen LogP contribution in [0.25, 0.3) is 0 Å². The van der Waals surface area contributed by atoms with Gasteiger partial charge >= 0.3 is 0 Å². The van der Waals surface area contributed by atoms with E-state index < -0.39 is 9.66 Å². The fourth-order valence-electron chi connectivity index (χ4n) is 0.212. The van der Waals surface area contributed by atoms with Crippen molar-refractivity contribution in [2.45, 2.75) is 9.66 Å². The molecule has 0 aliphatic heterocycles. The minimum atomic E-state index is -1.59. The van der Waals surface area contributed by atoms with Gasteiger partial charge in [-0.2, -0.15) is 0 Å². The van der Waals surface area contributed by atoms with Crippen LogP contribution in [0, 0.1) is 0 Å². The summed E-state index contributed by atoms with van der Waals surface area (Å²) < 4.78 is 0. The van der Waals surface area contributed by atoms with Gasteiger partial charge < -0.3 is 21.7 Å². The molecule has 2 unspecified atom stereocenters. The smallest absolute Gasteiger partial charge is 0.131 e. The molecule has 8 heteroatoms. The van der Waals surface area contributed by atoms with Crippen molar-refractivity contribution in [3.05, 3.63) is 0 Å². The highest BCUT2D eigenvalue weighted by Crippen LogP contribution is 2.37. The molecule has 12 heavy (non-hydrogen) atoms. The second kappa shape index (κ2) is 4.78. The highest BCUT2D eigenvalue weighted by molar-refractivity contribution is 8.78. The van der Waals surface area contributed by atoms with Gasteiger partial charge in [-0.1, -0.05) is 21.6 Å². The molecular weight excluding hydrogens is 194 g/mol. The van der Waals surface area contributed by atoms with E-state index in [0.29, 0.717) is 0 Å². The predicted molar refractivity (Wildman–Crippen MR) is 54.7 cm³/mol. The summed E-state index contributed by atoms with van der Waals surface area (Å²) in [6.07, 6.45) is 0. The molecule has 0 heterocycles. The summed E-state index contributed by atoms with van der Waals surface area (Å²) in [5, 5.41) is 18.3. The van der Waals surface area contributed by atoms with E-state index in [-0.39, 0.29) is 13.1 Å². The normalized spacial score (nSPS) is 21.3. The Hall–Kier alpha value is 0.670. The van der Waals surface area contributed by atoms with Gasteiger partial charge in [0.2, 0.25) is 0 Å². The Labute approximate surface area is 82.1 Å². The molecule has 0 aliphatic carbocycles. The van der Waals surface area contributed by atoms with E-state index in [1.807, 2.05) is 0 Å². The van der Waals surface area contributed by atoms with Crippen LogP contribution in [0.2, 0.25) is 0 Å². The van der Waals surface area contributed by atoms with Gasteiger partial charge in [0.15, 0.2) is 0 Å². The SMILES string of the molecule is [B]C(O)(CN)SSC([B])(O)CN. The zero-order chi connectivity index (χ0) is 9.83. The van der Waals surface area contributed by atoms with Crippen molar-refractivity contribution in [1.29, 1.82) is 0 Å². The molecule has 0 aromatic carbocycles. The maximum atomic E-state index is 9.17. The summed E-state index contributed by atoms with van der Waals surface area (Å²) in [6.45, 7) is -0.267. The van der Waals surface area contributed by atoms with Gasteiger partial charge in [-0.05, 0) is 0 Å². The molecule has 0 aromatic rings. The first-order valence-electron chi connectivity index (χ1n) is 3.12. The Bertz CT molecular complexity index is 131. The third-order valence-corrected chi connectivity index (χ3v) is 3.89. The lowest BCUT2D eigenvalue weighted by molar-refractivity contribution is 0.227. The summed E-state index contributed by atoms with van der Waals surface area (Å²) in [6, 6.07) is 0. The van der Waals surface area contributed by atoms with E-state index in [0.717, 1.165) is 21.6 Å². The monoisotopic (exact) mass is 204 g/mol. The van der Waals surface area contributed by atoms with Crippen LogP contribution in [0.4, 0.5) is 0 Å². The predicted octanol–water partition coefficient (Wildman–Crippen LogP) is -2.09. The van der Waals surface area contributed by atoms with E-state index in [1.165, 1.54) is 0 Å². The molecule has 0 fully saturated rings. The van der Waals surface area contributed by atoms with Crippen LogP contribution in [0.3, 0.4) is 0 Å². The average molecular weight is 204 g/mol. The largest absolute Gasteiger partial charge is 0.387 e. The van der Waals surface area contributed by atoms with Crippen LogP contribution >= 0.6 is 21.6 Å². The quantitative estimate of drug-likeness (QED) is 0.233. The van der Waals surface area contributed by atoms with Crippen molar-refractivity contribution < 1.29 is 10.2 Å². The van der Waals surface area contributed by atoms with E-state index in [2.05, 4.69) is 0 Å². The molecule has 4 radical (unpaired) electrons. The number of nitrogens with two attached hydrogens (primary N) is 2. The van der Waals surface area contributed by atoms with Crippen LogP contribution < -0.4 is 11.5 Å². The first-order valence-corrected chi connectivity index (χ1v) is 5.27. The molecule has 66 valence electrons. The van der Waals surface area contributed by atoms with Crippen LogP contribution in [0.5, 0.6) is 0 Å². The lowest BCUT2D eigenvalue weighted by Gasteiger charge is -2.26.